The Balaban J connectivity index is 2.63. The van der Waals surface area contributed by atoms with Crippen LogP contribution in [0.5, 0.6) is 0 Å². The topological polar surface area (TPSA) is 122 Å². The molecule has 0 atom stereocenters. The number of rotatable bonds is 6. The minimum absolute atomic E-state index is 0.364. The molecule has 1 rings (SSSR count). The third kappa shape index (κ3) is 5.25. The van der Waals surface area contributed by atoms with Crippen LogP contribution >= 0.6 is 0 Å². The van der Waals surface area contributed by atoms with Crippen LogP contribution in [0.15, 0.2) is 12.4 Å². The zero-order valence-electron chi connectivity index (χ0n) is 10.6. The normalized spacial score (nSPS) is 12.2. The summed E-state index contributed by atoms with van der Waals surface area (Å²) in [6.07, 6.45) is 4.12. The predicted molar refractivity (Wildman–Crippen MR) is 70.4 cm³/mol. The number of nitrogens with two attached hydrogens (primary N) is 1. The summed E-state index contributed by atoms with van der Waals surface area (Å²) in [5.41, 5.74) is 1.74. The highest BCUT2D eigenvalue weighted by atomic mass is 32.2. The summed E-state index contributed by atoms with van der Waals surface area (Å²) in [6.45, 7) is 3.89. The maximum atomic E-state index is 11.2. The standard InChI is InChI=1S/C9H18N6O2S/c1-9(2,15-18(3,16)17)6-12-7-4-11-5-8(13-7)14-10/h4-5,15H,6,10H2,1-3H3,(H2,12,13,14). The molecule has 0 aliphatic heterocycles. The molecule has 9 heteroatoms. The van der Waals surface area contributed by atoms with Crippen molar-refractivity contribution in [3.63, 3.8) is 0 Å². The quantitative estimate of drug-likeness (QED) is 0.407. The second-order valence-electron chi connectivity index (χ2n) is 4.55. The van der Waals surface area contributed by atoms with Gasteiger partial charge in [-0.15, -0.1) is 0 Å². The van der Waals surface area contributed by atoms with E-state index in [4.69, 9.17) is 5.84 Å². The van der Waals surface area contributed by atoms with Crippen molar-refractivity contribution >= 4 is 21.7 Å². The average molecular weight is 274 g/mol. The van der Waals surface area contributed by atoms with Crippen LogP contribution in [0.4, 0.5) is 11.6 Å². The van der Waals surface area contributed by atoms with Crippen molar-refractivity contribution in [3.05, 3.63) is 12.4 Å². The van der Waals surface area contributed by atoms with Crippen molar-refractivity contribution in [1.82, 2.24) is 14.7 Å². The lowest BCUT2D eigenvalue weighted by atomic mass is 10.1. The molecule has 1 aromatic rings. The van der Waals surface area contributed by atoms with Gasteiger partial charge in [-0.3, -0.25) is 4.98 Å². The van der Waals surface area contributed by atoms with E-state index in [1.807, 2.05) is 0 Å². The number of hydrogen-bond acceptors (Lipinski definition) is 7. The van der Waals surface area contributed by atoms with Gasteiger partial charge in [0.15, 0.2) is 5.82 Å². The van der Waals surface area contributed by atoms with Crippen molar-refractivity contribution in [2.24, 2.45) is 5.84 Å². The fraction of sp³-hybridized carbons (Fsp3) is 0.556. The van der Waals surface area contributed by atoms with Crippen LogP contribution in [0.2, 0.25) is 0 Å². The van der Waals surface area contributed by atoms with Gasteiger partial charge in [0.2, 0.25) is 10.0 Å². The molecule has 0 amide bonds. The molecule has 0 unspecified atom stereocenters. The predicted octanol–water partition coefficient (Wildman–Crippen LogP) is -0.498. The van der Waals surface area contributed by atoms with E-state index in [9.17, 15) is 8.42 Å². The van der Waals surface area contributed by atoms with Gasteiger partial charge in [0.25, 0.3) is 0 Å². The van der Waals surface area contributed by atoms with Crippen molar-refractivity contribution in [3.8, 4) is 0 Å². The Kier molecular flexibility index (Phi) is 4.43. The van der Waals surface area contributed by atoms with Crippen LogP contribution in [0, 0.1) is 0 Å². The Morgan fingerprint density at radius 1 is 1.33 bits per heavy atom. The summed E-state index contributed by atoms with van der Waals surface area (Å²) in [5, 5.41) is 2.99. The molecule has 0 aliphatic rings. The second kappa shape index (κ2) is 5.46. The van der Waals surface area contributed by atoms with Crippen molar-refractivity contribution in [1.29, 1.82) is 0 Å². The van der Waals surface area contributed by atoms with E-state index in [2.05, 4.69) is 25.4 Å². The first-order valence-electron chi connectivity index (χ1n) is 5.23. The molecule has 18 heavy (non-hydrogen) atoms. The molecule has 0 fully saturated rings. The molecule has 1 heterocycles. The Hall–Kier alpha value is -1.45. The van der Waals surface area contributed by atoms with E-state index >= 15 is 0 Å². The summed E-state index contributed by atoms with van der Waals surface area (Å²) in [4.78, 5) is 8.03. The molecule has 0 aromatic carbocycles. The van der Waals surface area contributed by atoms with Gasteiger partial charge in [-0.05, 0) is 13.8 Å². The number of aromatic nitrogens is 2. The van der Waals surface area contributed by atoms with E-state index in [0.29, 0.717) is 18.2 Å². The summed E-state index contributed by atoms with van der Waals surface area (Å²) in [5.74, 6) is 6.15. The Morgan fingerprint density at radius 2 is 1.94 bits per heavy atom. The van der Waals surface area contributed by atoms with Crippen LogP contribution in [0.1, 0.15) is 13.8 Å². The van der Waals surface area contributed by atoms with E-state index < -0.39 is 15.6 Å². The molecule has 0 spiro atoms. The number of nitrogens with one attached hydrogen (secondary N) is 3. The van der Waals surface area contributed by atoms with E-state index in [1.165, 1.54) is 12.4 Å². The smallest absolute Gasteiger partial charge is 0.209 e. The lowest BCUT2D eigenvalue weighted by Gasteiger charge is -2.25. The number of hydrogen-bond donors (Lipinski definition) is 4. The lowest BCUT2D eigenvalue weighted by Crippen LogP contribution is -2.47. The molecule has 5 N–H and O–H groups in total. The van der Waals surface area contributed by atoms with Crippen LogP contribution in [0.25, 0.3) is 0 Å². The largest absolute Gasteiger partial charge is 0.367 e. The fourth-order valence-corrected chi connectivity index (χ4v) is 2.45. The lowest BCUT2D eigenvalue weighted by molar-refractivity contribution is 0.476. The zero-order chi connectivity index (χ0) is 13.8. The summed E-state index contributed by atoms with van der Waals surface area (Å²) < 4.78 is 24.8. The second-order valence-corrected chi connectivity index (χ2v) is 6.29. The van der Waals surface area contributed by atoms with Crippen molar-refractivity contribution in [2.45, 2.75) is 19.4 Å². The first kappa shape index (κ1) is 14.6. The molecular formula is C9H18N6O2S. The Labute approximate surface area is 106 Å². The van der Waals surface area contributed by atoms with Gasteiger partial charge in [0, 0.05) is 12.1 Å². The molecule has 0 aliphatic carbocycles. The van der Waals surface area contributed by atoms with Gasteiger partial charge in [-0.2, -0.15) is 0 Å². The van der Waals surface area contributed by atoms with Gasteiger partial charge in [0.05, 0.1) is 18.6 Å². The molecule has 0 radical (unpaired) electrons. The summed E-state index contributed by atoms with van der Waals surface area (Å²) >= 11 is 0. The third-order valence-electron chi connectivity index (χ3n) is 1.96. The highest BCUT2D eigenvalue weighted by molar-refractivity contribution is 7.88. The number of nitrogens with zero attached hydrogens (tertiary/aromatic N) is 2. The minimum Gasteiger partial charge on any atom is -0.367 e. The molecule has 102 valence electrons. The van der Waals surface area contributed by atoms with Crippen molar-refractivity contribution < 1.29 is 8.42 Å². The minimum atomic E-state index is -3.26. The monoisotopic (exact) mass is 274 g/mol. The summed E-state index contributed by atoms with van der Waals surface area (Å²) in [6, 6.07) is 0. The number of anilines is 2. The molecular weight excluding hydrogens is 256 g/mol. The summed E-state index contributed by atoms with van der Waals surface area (Å²) in [7, 11) is -3.26. The first-order chi connectivity index (χ1) is 8.22. The maximum Gasteiger partial charge on any atom is 0.209 e. The third-order valence-corrected chi connectivity index (χ3v) is 2.88. The Morgan fingerprint density at radius 3 is 2.50 bits per heavy atom. The van der Waals surface area contributed by atoms with Crippen molar-refractivity contribution in [2.75, 3.05) is 23.5 Å². The maximum absolute atomic E-state index is 11.2. The number of sulfonamides is 1. The average Bonchev–Trinajstić information content (AvgIpc) is 2.24. The van der Waals surface area contributed by atoms with E-state index in [1.54, 1.807) is 13.8 Å². The van der Waals surface area contributed by atoms with Gasteiger partial charge >= 0.3 is 0 Å². The number of hydrazine groups is 1. The molecule has 8 nitrogen and oxygen atoms in total. The number of nitrogen functional groups attached to an aromatic ring is 1. The van der Waals surface area contributed by atoms with Gasteiger partial charge < -0.3 is 10.7 Å². The molecule has 0 saturated carbocycles. The van der Waals surface area contributed by atoms with Crippen LogP contribution in [0.3, 0.4) is 0 Å². The van der Waals surface area contributed by atoms with Crippen LogP contribution < -0.4 is 21.3 Å². The van der Waals surface area contributed by atoms with Crippen LogP contribution in [-0.4, -0.2) is 36.7 Å². The first-order valence-corrected chi connectivity index (χ1v) is 7.12. The molecule has 1 aromatic heterocycles. The highest BCUT2D eigenvalue weighted by Gasteiger charge is 2.21. The SMILES string of the molecule is CC(C)(CNc1cncc(NN)n1)NS(C)(=O)=O. The Bertz CT molecular complexity index is 502. The fourth-order valence-electron chi connectivity index (χ4n) is 1.37. The van der Waals surface area contributed by atoms with Crippen LogP contribution in [-0.2, 0) is 10.0 Å². The highest BCUT2D eigenvalue weighted by Crippen LogP contribution is 2.09. The van der Waals surface area contributed by atoms with Gasteiger partial charge in [0.1, 0.15) is 5.82 Å². The van der Waals surface area contributed by atoms with E-state index in [0.717, 1.165) is 6.26 Å². The molecule has 0 bridgehead atoms. The zero-order valence-corrected chi connectivity index (χ0v) is 11.4. The van der Waals surface area contributed by atoms with Gasteiger partial charge in [-0.1, -0.05) is 0 Å². The molecule has 0 saturated heterocycles. The van der Waals surface area contributed by atoms with Gasteiger partial charge in [-0.25, -0.2) is 24.0 Å². The van der Waals surface area contributed by atoms with E-state index in [-0.39, 0.29) is 0 Å².